The average Bonchev–Trinajstić information content (AvgIpc) is 2.67. The van der Waals surface area contributed by atoms with Crippen LogP contribution in [0.15, 0.2) is 74.0 Å². The fourth-order valence-electron chi connectivity index (χ4n) is 2.86. The number of hydrogen-bond acceptors (Lipinski definition) is 5. The highest BCUT2D eigenvalue weighted by atomic mass is 16.3. The SMILES string of the molecule is O=C(NCC1N=NC(=O)c2ccccc21)c1cc(=O)c2ccccc2o1. The first-order chi connectivity index (χ1) is 12.6. The molecule has 0 spiro atoms. The van der Waals surface area contributed by atoms with Crippen LogP contribution in [0.1, 0.15) is 32.5 Å². The zero-order chi connectivity index (χ0) is 18.1. The number of hydrogen-bond donors (Lipinski definition) is 1. The van der Waals surface area contributed by atoms with Crippen LogP contribution in [0.4, 0.5) is 0 Å². The van der Waals surface area contributed by atoms with Gasteiger partial charge in [-0.2, -0.15) is 5.11 Å². The molecule has 4 rings (SSSR count). The Hall–Kier alpha value is -3.61. The van der Waals surface area contributed by atoms with Gasteiger partial charge in [0.15, 0.2) is 11.2 Å². The molecule has 26 heavy (non-hydrogen) atoms. The molecule has 7 nitrogen and oxygen atoms in total. The summed E-state index contributed by atoms with van der Waals surface area (Å²) in [5.41, 5.74) is 1.23. The van der Waals surface area contributed by atoms with Gasteiger partial charge in [-0.3, -0.25) is 14.4 Å². The van der Waals surface area contributed by atoms with E-state index in [2.05, 4.69) is 15.5 Å². The molecule has 0 aliphatic carbocycles. The number of azo groups is 1. The predicted molar refractivity (Wildman–Crippen MR) is 93.2 cm³/mol. The molecule has 0 bridgehead atoms. The van der Waals surface area contributed by atoms with Gasteiger partial charge in [-0.25, -0.2) is 0 Å². The lowest BCUT2D eigenvalue weighted by molar-refractivity contribution is 0.0923. The maximum Gasteiger partial charge on any atom is 0.295 e. The number of amides is 2. The highest BCUT2D eigenvalue weighted by Gasteiger charge is 2.24. The van der Waals surface area contributed by atoms with Crippen LogP contribution < -0.4 is 10.7 Å². The summed E-state index contributed by atoms with van der Waals surface area (Å²) >= 11 is 0. The Labute approximate surface area is 147 Å². The first-order valence-electron chi connectivity index (χ1n) is 7.98. The van der Waals surface area contributed by atoms with Crippen molar-refractivity contribution in [3.8, 4) is 0 Å². The van der Waals surface area contributed by atoms with Gasteiger partial charge in [-0.15, -0.1) is 5.11 Å². The van der Waals surface area contributed by atoms with Crippen molar-refractivity contribution in [1.82, 2.24) is 5.32 Å². The fourth-order valence-corrected chi connectivity index (χ4v) is 2.86. The zero-order valence-corrected chi connectivity index (χ0v) is 13.5. The second-order valence-corrected chi connectivity index (χ2v) is 5.80. The molecular weight excluding hydrogens is 334 g/mol. The Kier molecular flexibility index (Phi) is 3.89. The third-order valence-corrected chi connectivity index (χ3v) is 4.15. The van der Waals surface area contributed by atoms with Gasteiger partial charge >= 0.3 is 0 Å². The molecule has 0 saturated heterocycles. The van der Waals surface area contributed by atoms with E-state index in [4.69, 9.17) is 4.42 Å². The van der Waals surface area contributed by atoms with Crippen molar-refractivity contribution in [1.29, 1.82) is 0 Å². The summed E-state index contributed by atoms with van der Waals surface area (Å²) in [6, 6.07) is 14.4. The van der Waals surface area contributed by atoms with Crippen LogP contribution in [0.3, 0.4) is 0 Å². The minimum Gasteiger partial charge on any atom is -0.451 e. The average molecular weight is 347 g/mol. The summed E-state index contributed by atoms with van der Waals surface area (Å²) in [7, 11) is 0. The minimum absolute atomic E-state index is 0.0780. The Morgan fingerprint density at radius 2 is 1.85 bits per heavy atom. The number of carbonyl (C=O) groups is 2. The summed E-state index contributed by atoms with van der Waals surface area (Å²) in [6.07, 6.45) is 0. The molecule has 0 radical (unpaired) electrons. The molecule has 1 atom stereocenters. The molecule has 0 fully saturated rings. The minimum atomic E-state index is -0.530. The molecule has 2 aromatic carbocycles. The van der Waals surface area contributed by atoms with Crippen LogP contribution in [0.5, 0.6) is 0 Å². The van der Waals surface area contributed by atoms with Gasteiger partial charge in [0.25, 0.3) is 11.8 Å². The summed E-state index contributed by atoms with van der Waals surface area (Å²) < 4.78 is 5.51. The van der Waals surface area contributed by atoms with Crippen molar-refractivity contribution >= 4 is 22.8 Å². The normalized spacial score (nSPS) is 15.7. The summed E-state index contributed by atoms with van der Waals surface area (Å²) in [5.74, 6) is -1.01. The largest absolute Gasteiger partial charge is 0.451 e. The third kappa shape index (κ3) is 2.79. The number of rotatable bonds is 3. The van der Waals surface area contributed by atoms with E-state index in [1.165, 1.54) is 0 Å². The number of benzene rings is 2. The van der Waals surface area contributed by atoms with Gasteiger partial charge in [-0.05, 0) is 23.8 Å². The molecule has 1 aliphatic heterocycles. The molecule has 2 amide bonds. The number of nitrogens with zero attached hydrogens (tertiary/aromatic N) is 2. The number of nitrogens with one attached hydrogen (secondary N) is 1. The standard InChI is InChI=1S/C19H13N3O4/c23-15-9-17(26-16-8-4-3-7-13(15)16)19(25)20-10-14-11-5-1-2-6-12(11)18(24)22-21-14/h1-9,14H,10H2,(H,20,25). The van der Waals surface area contributed by atoms with Crippen molar-refractivity contribution in [2.75, 3.05) is 6.54 Å². The number of fused-ring (bicyclic) bond motifs is 2. The molecule has 0 saturated carbocycles. The van der Waals surface area contributed by atoms with Crippen LogP contribution in [-0.4, -0.2) is 18.4 Å². The molecule has 1 unspecified atom stereocenters. The summed E-state index contributed by atoms with van der Waals surface area (Å²) in [4.78, 5) is 36.2. The van der Waals surface area contributed by atoms with E-state index in [9.17, 15) is 14.4 Å². The van der Waals surface area contributed by atoms with Gasteiger partial charge in [0, 0.05) is 18.2 Å². The smallest absolute Gasteiger partial charge is 0.295 e. The van der Waals surface area contributed by atoms with Crippen molar-refractivity contribution in [3.05, 3.63) is 81.7 Å². The van der Waals surface area contributed by atoms with E-state index in [1.54, 1.807) is 48.5 Å². The highest BCUT2D eigenvalue weighted by molar-refractivity contribution is 5.97. The molecule has 1 aromatic heterocycles. The van der Waals surface area contributed by atoms with Gasteiger partial charge < -0.3 is 9.73 Å². The maximum atomic E-state index is 12.4. The lowest BCUT2D eigenvalue weighted by Crippen LogP contribution is -2.29. The van der Waals surface area contributed by atoms with E-state index in [0.717, 1.165) is 6.07 Å². The number of para-hydroxylation sites is 1. The van der Waals surface area contributed by atoms with E-state index in [0.29, 0.717) is 22.1 Å². The van der Waals surface area contributed by atoms with Crippen molar-refractivity contribution < 1.29 is 14.0 Å². The van der Waals surface area contributed by atoms with Gasteiger partial charge in [0.1, 0.15) is 11.6 Å². The summed E-state index contributed by atoms with van der Waals surface area (Å²) in [5, 5.41) is 10.7. The molecule has 1 aliphatic rings. The molecule has 2 heterocycles. The Balaban J connectivity index is 1.56. The zero-order valence-electron chi connectivity index (χ0n) is 13.5. The Bertz CT molecular complexity index is 1120. The second-order valence-electron chi connectivity index (χ2n) is 5.80. The number of carbonyl (C=O) groups excluding carboxylic acids is 2. The molecular formula is C19H13N3O4. The highest BCUT2D eigenvalue weighted by Crippen LogP contribution is 2.26. The fraction of sp³-hybridized carbons (Fsp3) is 0.105. The first-order valence-corrected chi connectivity index (χ1v) is 7.98. The Morgan fingerprint density at radius 3 is 2.73 bits per heavy atom. The lowest BCUT2D eigenvalue weighted by atomic mass is 9.99. The van der Waals surface area contributed by atoms with Crippen LogP contribution in [0.25, 0.3) is 11.0 Å². The first kappa shape index (κ1) is 15.9. The summed E-state index contributed by atoms with van der Waals surface area (Å²) in [6.45, 7) is 0.128. The van der Waals surface area contributed by atoms with E-state index in [1.807, 2.05) is 0 Å². The van der Waals surface area contributed by atoms with Crippen LogP contribution in [0.2, 0.25) is 0 Å². The lowest BCUT2D eigenvalue weighted by Gasteiger charge is -2.18. The van der Waals surface area contributed by atoms with Crippen LogP contribution in [0, 0.1) is 0 Å². The van der Waals surface area contributed by atoms with Gasteiger partial charge in [0.05, 0.1) is 5.39 Å². The van der Waals surface area contributed by atoms with Crippen molar-refractivity contribution in [2.24, 2.45) is 10.2 Å². The Morgan fingerprint density at radius 1 is 1.08 bits per heavy atom. The molecule has 7 heteroatoms. The second kappa shape index (κ2) is 6.36. The van der Waals surface area contributed by atoms with E-state index < -0.39 is 17.9 Å². The van der Waals surface area contributed by atoms with E-state index >= 15 is 0 Å². The quantitative estimate of drug-likeness (QED) is 0.787. The van der Waals surface area contributed by atoms with Crippen LogP contribution >= 0.6 is 0 Å². The van der Waals surface area contributed by atoms with E-state index in [-0.39, 0.29) is 17.7 Å². The molecule has 128 valence electrons. The van der Waals surface area contributed by atoms with Crippen LogP contribution in [-0.2, 0) is 0 Å². The monoisotopic (exact) mass is 347 g/mol. The molecule has 3 aromatic rings. The predicted octanol–water partition coefficient (Wildman–Crippen LogP) is 2.87. The van der Waals surface area contributed by atoms with Crippen molar-refractivity contribution in [2.45, 2.75) is 6.04 Å². The molecule has 1 N–H and O–H groups in total. The topological polar surface area (TPSA) is 101 Å². The maximum absolute atomic E-state index is 12.4. The van der Waals surface area contributed by atoms with Crippen molar-refractivity contribution in [3.63, 3.8) is 0 Å². The van der Waals surface area contributed by atoms with Gasteiger partial charge in [-0.1, -0.05) is 30.3 Å². The van der Waals surface area contributed by atoms with Gasteiger partial charge in [0.2, 0.25) is 0 Å². The third-order valence-electron chi connectivity index (χ3n) is 4.15.